The number of nitrogens with one attached hydrogen (secondary N) is 1. The second kappa shape index (κ2) is 9.38. The molecule has 156 valence electrons. The minimum atomic E-state index is -0.565. The molecule has 0 radical (unpaired) electrons. The zero-order valence-electron chi connectivity index (χ0n) is 16.9. The number of ether oxygens (including phenoxy) is 1. The summed E-state index contributed by atoms with van der Waals surface area (Å²) in [5.74, 6) is 0.522. The van der Waals surface area contributed by atoms with E-state index in [9.17, 15) is 9.90 Å². The van der Waals surface area contributed by atoms with E-state index in [0.29, 0.717) is 30.3 Å². The molecule has 6 nitrogen and oxygen atoms in total. The summed E-state index contributed by atoms with van der Waals surface area (Å²) < 4.78 is 5.96. The number of nitrogens with zero attached hydrogens (tertiary/aromatic N) is 1. The number of nitrogens with two attached hydrogens (primary N) is 1. The van der Waals surface area contributed by atoms with E-state index in [1.165, 1.54) is 6.20 Å². The van der Waals surface area contributed by atoms with Crippen LogP contribution in [0.5, 0.6) is 11.6 Å². The molecule has 0 aliphatic rings. The molecule has 0 bridgehead atoms. The van der Waals surface area contributed by atoms with Gasteiger partial charge in [-0.3, -0.25) is 4.79 Å². The average Bonchev–Trinajstić information content (AvgIpc) is 2.80. The number of hydrogen-bond donors (Lipinski definition) is 3. The van der Waals surface area contributed by atoms with Crippen molar-refractivity contribution in [3.63, 3.8) is 0 Å². The van der Waals surface area contributed by atoms with Gasteiger partial charge in [-0.15, -0.1) is 0 Å². The summed E-state index contributed by atoms with van der Waals surface area (Å²) in [6.07, 6.45) is 0.834. The zero-order valence-corrected chi connectivity index (χ0v) is 16.9. The topological polar surface area (TPSA) is 97.5 Å². The Labute approximate surface area is 180 Å². The zero-order chi connectivity index (χ0) is 21.6. The molecule has 4 rings (SSSR count). The number of aliphatic hydroxyl groups is 1. The summed E-state index contributed by atoms with van der Waals surface area (Å²) in [6.45, 7) is 1.06. The molecule has 4 aromatic rings. The van der Waals surface area contributed by atoms with Gasteiger partial charge in [0.25, 0.3) is 0 Å². The Bertz CT molecular complexity index is 1180. The van der Waals surface area contributed by atoms with Crippen LogP contribution in [0.2, 0.25) is 0 Å². The van der Waals surface area contributed by atoms with Gasteiger partial charge in [0.1, 0.15) is 5.75 Å². The van der Waals surface area contributed by atoms with E-state index in [0.717, 1.165) is 21.9 Å². The van der Waals surface area contributed by atoms with Crippen molar-refractivity contribution in [1.29, 1.82) is 0 Å². The predicted octanol–water partition coefficient (Wildman–Crippen LogP) is 3.95. The number of benzene rings is 3. The average molecular weight is 413 g/mol. The molecule has 1 atom stereocenters. The quantitative estimate of drug-likeness (QED) is 0.406. The maximum absolute atomic E-state index is 11.2. The Hall–Kier alpha value is -3.74. The molecule has 3 aromatic carbocycles. The highest BCUT2D eigenvalue weighted by Gasteiger charge is 2.10. The molecule has 0 aliphatic heterocycles. The number of aliphatic hydroxyl groups excluding tert-OH is 1. The third-order valence-corrected chi connectivity index (χ3v) is 5.05. The second-order valence-electron chi connectivity index (χ2n) is 7.18. The van der Waals surface area contributed by atoms with Crippen LogP contribution in [0.15, 0.2) is 85.1 Å². The first kappa shape index (κ1) is 20.5. The molecule has 6 heteroatoms. The standard InChI is InChI=1S/C25H23N3O3/c26-25(30)19-12-13-24(28-15-19)31-23-11-5-9-20-18(8-4-10-21(20)23)14-27-16-22(29)17-6-2-1-3-7-17/h1-13,15,22,27,29H,14,16H2,(H2,26,30). The number of rotatable bonds is 8. The highest BCUT2D eigenvalue weighted by molar-refractivity contribution is 5.92. The molecule has 31 heavy (non-hydrogen) atoms. The Morgan fingerprint density at radius 2 is 1.74 bits per heavy atom. The fraction of sp³-hybridized carbons (Fsp3) is 0.120. The largest absolute Gasteiger partial charge is 0.438 e. The van der Waals surface area contributed by atoms with Crippen molar-refractivity contribution in [2.45, 2.75) is 12.6 Å². The van der Waals surface area contributed by atoms with Gasteiger partial charge in [0, 0.05) is 30.7 Å². The van der Waals surface area contributed by atoms with Crippen LogP contribution in [0, 0.1) is 0 Å². The predicted molar refractivity (Wildman–Crippen MR) is 120 cm³/mol. The summed E-state index contributed by atoms with van der Waals surface area (Å²) in [5, 5.41) is 15.7. The molecule has 4 N–H and O–H groups in total. The van der Waals surface area contributed by atoms with Gasteiger partial charge in [-0.1, -0.05) is 60.7 Å². The Kier molecular flexibility index (Phi) is 6.21. The SMILES string of the molecule is NC(=O)c1ccc(Oc2cccc3c(CNCC(O)c4ccccc4)cccc23)nc1. The first-order valence-electron chi connectivity index (χ1n) is 10.00. The molecular weight excluding hydrogens is 390 g/mol. The number of carbonyl (C=O) groups is 1. The summed E-state index contributed by atoms with van der Waals surface area (Å²) in [5.41, 5.74) is 7.57. The smallest absolute Gasteiger partial charge is 0.250 e. The van der Waals surface area contributed by atoms with Gasteiger partial charge in [0.15, 0.2) is 0 Å². The van der Waals surface area contributed by atoms with Crippen LogP contribution in [0.3, 0.4) is 0 Å². The number of pyridine rings is 1. The van der Waals surface area contributed by atoms with Gasteiger partial charge >= 0.3 is 0 Å². The van der Waals surface area contributed by atoms with Crippen LogP contribution in [0.4, 0.5) is 0 Å². The van der Waals surface area contributed by atoms with Crippen LogP contribution in [-0.2, 0) is 6.54 Å². The first-order chi connectivity index (χ1) is 15.1. The molecule has 0 saturated carbocycles. The fourth-order valence-electron chi connectivity index (χ4n) is 3.43. The lowest BCUT2D eigenvalue weighted by molar-refractivity contribution is 0.1000. The molecule has 0 spiro atoms. The molecule has 0 saturated heterocycles. The number of primary amides is 1. The Balaban J connectivity index is 1.49. The van der Waals surface area contributed by atoms with Gasteiger partial charge in [0.05, 0.1) is 11.7 Å². The molecule has 1 unspecified atom stereocenters. The van der Waals surface area contributed by atoms with E-state index in [1.807, 2.05) is 66.7 Å². The van der Waals surface area contributed by atoms with Crippen molar-refractivity contribution in [3.8, 4) is 11.6 Å². The minimum absolute atomic E-state index is 0.330. The van der Waals surface area contributed by atoms with E-state index in [2.05, 4.69) is 10.3 Å². The van der Waals surface area contributed by atoms with E-state index >= 15 is 0 Å². The summed E-state index contributed by atoms with van der Waals surface area (Å²) >= 11 is 0. The molecule has 0 fully saturated rings. The maximum atomic E-state index is 11.2. The van der Waals surface area contributed by atoms with Crippen LogP contribution < -0.4 is 15.8 Å². The van der Waals surface area contributed by atoms with Gasteiger partial charge in [-0.05, 0) is 28.6 Å². The third kappa shape index (κ3) is 4.88. The number of fused-ring (bicyclic) bond motifs is 1. The van der Waals surface area contributed by atoms with E-state index in [-0.39, 0.29) is 0 Å². The number of hydrogen-bond acceptors (Lipinski definition) is 5. The Morgan fingerprint density at radius 3 is 2.48 bits per heavy atom. The molecule has 1 aromatic heterocycles. The summed E-state index contributed by atoms with van der Waals surface area (Å²) in [4.78, 5) is 15.4. The van der Waals surface area contributed by atoms with Crippen molar-refractivity contribution < 1.29 is 14.6 Å². The third-order valence-electron chi connectivity index (χ3n) is 5.05. The Morgan fingerprint density at radius 1 is 0.968 bits per heavy atom. The monoisotopic (exact) mass is 413 g/mol. The summed E-state index contributed by atoms with van der Waals surface area (Å²) in [6, 6.07) is 24.7. The first-order valence-corrected chi connectivity index (χ1v) is 10.00. The van der Waals surface area contributed by atoms with Crippen molar-refractivity contribution in [1.82, 2.24) is 10.3 Å². The van der Waals surface area contributed by atoms with Gasteiger partial charge in [0.2, 0.25) is 11.8 Å². The minimum Gasteiger partial charge on any atom is -0.438 e. The number of amides is 1. The van der Waals surface area contributed by atoms with Crippen molar-refractivity contribution >= 4 is 16.7 Å². The number of carbonyl (C=O) groups excluding carboxylic acids is 1. The normalized spacial score (nSPS) is 11.9. The van der Waals surface area contributed by atoms with Gasteiger partial charge < -0.3 is 20.9 Å². The van der Waals surface area contributed by atoms with Gasteiger partial charge in [-0.25, -0.2) is 4.98 Å². The lowest BCUT2D eigenvalue weighted by Gasteiger charge is -2.14. The van der Waals surface area contributed by atoms with Crippen molar-refractivity contribution in [2.24, 2.45) is 5.73 Å². The highest BCUT2D eigenvalue weighted by Crippen LogP contribution is 2.31. The second-order valence-corrected chi connectivity index (χ2v) is 7.18. The van der Waals surface area contributed by atoms with Crippen molar-refractivity contribution in [3.05, 3.63) is 102 Å². The molecule has 1 heterocycles. The lowest BCUT2D eigenvalue weighted by atomic mass is 10.0. The summed E-state index contributed by atoms with van der Waals surface area (Å²) in [7, 11) is 0. The number of aromatic nitrogens is 1. The van der Waals surface area contributed by atoms with Crippen LogP contribution in [-0.4, -0.2) is 22.5 Å². The van der Waals surface area contributed by atoms with Gasteiger partial charge in [-0.2, -0.15) is 0 Å². The van der Waals surface area contributed by atoms with Crippen LogP contribution in [0.1, 0.15) is 27.6 Å². The molecule has 0 aliphatic carbocycles. The maximum Gasteiger partial charge on any atom is 0.250 e. The van der Waals surface area contributed by atoms with E-state index in [4.69, 9.17) is 10.5 Å². The van der Waals surface area contributed by atoms with E-state index < -0.39 is 12.0 Å². The lowest BCUT2D eigenvalue weighted by Crippen LogP contribution is -2.21. The highest BCUT2D eigenvalue weighted by atomic mass is 16.5. The molecular formula is C25H23N3O3. The van der Waals surface area contributed by atoms with Crippen LogP contribution >= 0.6 is 0 Å². The van der Waals surface area contributed by atoms with Crippen molar-refractivity contribution in [2.75, 3.05) is 6.54 Å². The van der Waals surface area contributed by atoms with E-state index in [1.54, 1.807) is 12.1 Å². The fourth-order valence-corrected chi connectivity index (χ4v) is 3.43. The molecule has 1 amide bonds. The van der Waals surface area contributed by atoms with Crippen LogP contribution in [0.25, 0.3) is 10.8 Å².